The second-order valence-electron chi connectivity index (χ2n) is 1.67. The number of hydrogen-bond donors (Lipinski definition) is 1. The molecular weight excluding hydrogens is 260 g/mol. The Kier molecular flexibility index (Phi) is 5.66. The molecule has 76 valence electrons. The van der Waals surface area contributed by atoms with Crippen LogP contribution in [0.2, 0.25) is 0 Å². The summed E-state index contributed by atoms with van der Waals surface area (Å²) < 4.78 is 20.7. The van der Waals surface area contributed by atoms with E-state index in [0.717, 1.165) is 0 Å². The second kappa shape index (κ2) is 5.66. The van der Waals surface area contributed by atoms with E-state index in [1.165, 1.54) is 18.5 Å². The fourth-order valence-electron chi connectivity index (χ4n) is 0.405. The van der Waals surface area contributed by atoms with Gasteiger partial charge in [0.1, 0.15) is 0 Å². The first-order valence-corrected chi connectivity index (χ1v) is 5.60. The average Bonchev–Trinajstić information content (AvgIpc) is 2.31. The van der Waals surface area contributed by atoms with Crippen LogP contribution >= 0.6 is 34.8 Å². The first-order chi connectivity index (χ1) is 5.84. The lowest BCUT2D eigenvalue weighted by Crippen LogP contribution is -2.21. The summed E-state index contributed by atoms with van der Waals surface area (Å²) in [6.45, 7) is 0. The number of halogens is 3. The van der Waals surface area contributed by atoms with E-state index in [0.29, 0.717) is 4.09 Å². The summed E-state index contributed by atoms with van der Waals surface area (Å²) in [6, 6.07) is 1.48. The highest BCUT2D eigenvalue weighted by Crippen LogP contribution is 2.03. The fraction of sp³-hybridized carbons (Fsp3) is 0.250. The molecule has 13 heavy (non-hydrogen) atoms. The molecule has 0 atom stereocenters. The molecule has 0 unspecified atom stereocenters. The minimum atomic E-state index is -3.65. The minimum absolute atomic E-state index is 0.688. The molecule has 0 spiro atoms. The van der Waals surface area contributed by atoms with Crippen molar-refractivity contribution in [1.82, 2.24) is 9.19 Å². The van der Waals surface area contributed by atoms with Crippen molar-refractivity contribution in [2.75, 3.05) is 0 Å². The summed E-state index contributed by atoms with van der Waals surface area (Å²) in [5.41, 5.74) is 0. The normalized spacial score (nSPS) is 10.8. The summed E-state index contributed by atoms with van der Waals surface area (Å²) in [4.78, 5) is 0. The van der Waals surface area contributed by atoms with Crippen molar-refractivity contribution in [3.8, 4) is 0 Å². The van der Waals surface area contributed by atoms with Gasteiger partial charge in [-0.3, -0.25) is 0 Å². The molecule has 0 aliphatic carbocycles. The van der Waals surface area contributed by atoms with Crippen LogP contribution < -0.4 is 5.14 Å². The van der Waals surface area contributed by atoms with Crippen LogP contribution in [0.1, 0.15) is 0 Å². The van der Waals surface area contributed by atoms with Gasteiger partial charge in [-0.25, -0.2) is 5.14 Å². The molecule has 0 saturated carbocycles. The lowest BCUT2D eigenvalue weighted by atomic mass is 10.8. The Labute approximate surface area is 90.6 Å². The maximum absolute atomic E-state index is 10.4. The van der Waals surface area contributed by atoms with Gasteiger partial charge in [-0.1, -0.05) is 34.8 Å². The largest absolute Gasteiger partial charge is 0.317 e. The van der Waals surface area contributed by atoms with Gasteiger partial charge in [0, 0.05) is 6.20 Å². The van der Waals surface area contributed by atoms with Crippen LogP contribution in [0.4, 0.5) is 0 Å². The van der Waals surface area contributed by atoms with E-state index in [9.17, 15) is 8.42 Å². The van der Waals surface area contributed by atoms with Crippen molar-refractivity contribution in [3.63, 3.8) is 0 Å². The highest BCUT2D eigenvalue weighted by atomic mass is 35.6. The van der Waals surface area contributed by atoms with Crippen LogP contribution in [0.15, 0.2) is 18.5 Å². The second-order valence-corrected chi connectivity index (χ2v) is 5.05. The van der Waals surface area contributed by atoms with Crippen LogP contribution in [0.5, 0.6) is 0 Å². The molecule has 0 fully saturated rings. The third-order valence-electron chi connectivity index (χ3n) is 0.741. The van der Waals surface area contributed by atoms with Crippen LogP contribution in [0.3, 0.4) is 0 Å². The van der Waals surface area contributed by atoms with Crippen molar-refractivity contribution < 1.29 is 8.42 Å². The van der Waals surface area contributed by atoms with Gasteiger partial charge < -0.3 is 0 Å². The average molecular weight is 267 g/mol. The highest BCUT2D eigenvalue weighted by molar-refractivity contribution is 7.87. The van der Waals surface area contributed by atoms with Gasteiger partial charge in [0.15, 0.2) is 4.30 Å². The highest BCUT2D eigenvalue weighted by Gasteiger charge is 2.01. The van der Waals surface area contributed by atoms with Crippen molar-refractivity contribution in [2.45, 2.75) is 4.30 Å². The molecule has 1 heterocycles. The Morgan fingerprint density at radius 1 is 1.38 bits per heavy atom. The van der Waals surface area contributed by atoms with E-state index in [1.807, 2.05) is 0 Å². The molecule has 0 aromatic carbocycles. The zero-order valence-electron chi connectivity index (χ0n) is 6.14. The Morgan fingerprint density at radius 2 is 1.85 bits per heavy atom. The number of aromatic nitrogens is 2. The van der Waals surface area contributed by atoms with E-state index in [-0.39, 0.29) is 0 Å². The Balaban J connectivity index is 0.000000310. The van der Waals surface area contributed by atoms with E-state index >= 15 is 0 Å². The predicted octanol–water partition coefficient (Wildman–Crippen LogP) is 0.921. The molecule has 0 bridgehead atoms. The number of rotatable bonds is 1. The smallest absolute Gasteiger partial charge is 0.210 e. The summed E-state index contributed by atoms with van der Waals surface area (Å²) in [6.07, 6.45) is 2.60. The molecule has 0 aliphatic rings. The fourth-order valence-corrected chi connectivity index (χ4v) is 0.831. The van der Waals surface area contributed by atoms with E-state index < -0.39 is 14.5 Å². The number of hydrogen-bond acceptors (Lipinski definition) is 3. The van der Waals surface area contributed by atoms with Crippen molar-refractivity contribution in [3.05, 3.63) is 18.5 Å². The van der Waals surface area contributed by atoms with Crippen LogP contribution in [-0.2, 0) is 10.2 Å². The molecule has 2 N–H and O–H groups in total. The standard InChI is InChI=1S/C3H5N3O2S.CHCl3/c4-9(7,8)6-3-1-2-5-6;2-1(3)4/h1-3H,(H2,4,7,8);1H. The molecule has 9 heteroatoms. The number of nitrogens with zero attached hydrogens (tertiary/aromatic N) is 2. The maximum atomic E-state index is 10.4. The first kappa shape index (κ1) is 13.0. The van der Waals surface area contributed by atoms with E-state index in [2.05, 4.69) is 10.2 Å². The number of nitrogens with two attached hydrogens (primary N) is 1. The summed E-state index contributed by atoms with van der Waals surface area (Å²) in [5.74, 6) is 0. The van der Waals surface area contributed by atoms with E-state index in [4.69, 9.17) is 34.8 Å². The molecule has 1 rings (SSSR count). The van der Waals surface area contributed by atoms with Gasteiger partial charge in [0.25, 0.3) is 0 Å². The molecule has 0 radical (unpaired) electrons. The van der Waals surface area contributed by atoms with Gasteiger partial charge >= 0.3 is 10.2 Å². The maximum Gasteiger partial charge on any atom is 0.317 e. The van der Waals surface area contributed by atoms with Gasteiger partial charge in [0.2, 0.25) is 0 Å². The van der Waals surface area contributed by atoms with Gasteiger partial charge in [-0.15, -0.1) is 0 Å². The van der Waals surface area contributed by atoms with E-state index in [1.54, 1.807) is 0 Å². The lowest BCUT2D eigenvalue weighted by molar-refractivity contribution is 0.582. The summed E-state index contributed by atoms with van der Waals surface area (Å²) >= 11 is 14.4. The first-order valence-electron chi connectivity index (χ1n) is 2.79. The molecule has 5 nitrogen and oxygen atoms in total. The van der Waals surface area contributed by atoms with Gasteiger partial charge in [-0.05, 0) is 6.07 Å². The Morgan fingerprint density at radius 3 is 2.00 bits per heavy atom. The Bertz CT molecular complexity index is 320. The quantitative estimate of drug-likeness (QED) is 0.768. The molecule has 1 aromatic rings. The van der Waals surface area contributed by atoms with Crippen molar-refractivity contribution in [1.29, 1.82) is 0 Å². The zero-order chi connectivity index (χ0) is 10.5. The summed E-state index contributed by atoms with van der Waals surface area (Å²) in [5, 5.41) is 8.07. The third-order valence-corrected chi connectivity index (χ3v) is 1.48. The summed E-state index contributed by atoms with van der Waals surface area (Å²) in [7, 11) is -3.65. The topological polar surface area (TPSA) is 78.0 Å². The van der Waals surface area contributed by atoms with Crippen LogP contribution in [0.25, 0.3) is 0 Å². The Hall–Kier alpha value is -0.0100. The van der Waals surface area contributed by atoms with Gasteiger partial charge in [0.05, 0.1) is 6.20 Å². The molecule has 0 saturated heterocycles. The van der Waals surface area contributed by atoms with Crippen LogP contribution in [0, 0.1) is 0 Å². The van der Waals surface area contributed by atoms with Crippen molar-refractivity contribution in [2.24, 2.45) is 5.14 Å². The predicted molar refractivity (Wildman–Crippen MR) is 52.1 cm³/mol. The molecule has 1 aromatic heterocycles. The molecular formula is C4H6Cl3N3O2S. The van der Waals surface area contributed by atoms with Crippen LogP contribution in [-0.4, -0.2) is 21.9 Å². The monoisotopic (exact) mass is 265 g/mol. The third kappa shape index (κ3) is 7.09. The SMILES string of the molecule is ClC(Cl)Cl.NS(=O)(=O)n1cccn1. The minimum Gasteiger partial charge on any atom is -0.210 e. The number of alkyl halides is 3. The zero-order valence-corrected chi connectivity index (χ0v) is 9.22. The lowest BCUT2D eigenvalue weighted by Gasteiger charge is -1.92. The molecule has 0 aliphatic heterocycles. The van der Waals surface area contributed by atoms with Crippen molar-refractivity contribution >= 4 is 45.0 Å². The molecule has 0 amide bonds. The van der Waals surface area contributed by atoms with Gasteiger partial charge in [-0.2, -0.15) is 17.6 Å².